The topological polar surface area (TPSA) is 49.3 Å². The van der Waals surface area contributed by atoms with Crippen LogP contribution in [0.5, 0.6) is 0 Å². The van der Waals surface area contributed by atoms with Crippen LogP contribution in [-0.4, -0.2) is 23.2 Å². The van der Waals surface area contributed by atoms with Crippen LogP contribution in [0.4, 0.5) is 0 Å². The summed E-state index contributed by atoms with van der Waals surface area (Å²) < 4.78 is 0. The molecule has 0 aliphatic carbocycles. The third-order valence-electron chi connectivity index (χ3n) is 3.45. The molecule has 1 atom stereocenters. The van der Waals surface area contributed by atoms with Crippen molar-refractivity contribution in [2.24, 2.45) is 0 Å². The first kappa shape index (κ1) is 14.7. The summed E-state index contributed by atoms with van der Waals surface area (Å²) in [7, 11) is 0. The minimum absolute atomic E-state index is 0.0672. The van der Waals surface area contributed by atoms with Gasteiger partial charge in [0.2, 0.25) is 5.91 Å². The number of hydrogen-bond donors (Lipinski definition) is 2. The third-order valence-corrected chi connectivity index (χ3v) is 3.45. The smallest absolute Gasteiger partial charge is 0.230 e. The minimum Gasteiger partial charge on any atom is -0.388 e. The van der Waals surface area contributed by atoms with Crippen molar-refractivity contribution in [2.45, 2.75) is 45.1 Å². The molecule has 0 radical (unpaired) electrons. The molecule has 18 heavy (non-hydrogen) atoms. The summed E-state index contributed by atoms with van der Waals surface area (Å²) in [6.07, 6.45) is 0.610. The number of nitrogens with one attached hydrogen (secondary N) is 1. The zero-order chi connectivity index (χ0) is 13.8. The zero-order valence-electron chi connectivity index (χ0n) is 11.7. The van der Waals surface area contributed by atoms with E-state index in [1.807, 2.05) is 51.1 Å². The van der Waals surface area contributed by atoms with Crippen molar-refractivity contribution in [3.05, 3.63) is 35.9 Å². The molecule has 2 N–H and O–H groups in total. The number of aliphatic hydroxyl groups is 1. The van der Waals surface area contributed by atoms with Gasteiger partial charge in [0.05, 0.1) is 11.0 Å². The summed E-state index contributed by atoms with van der Waals surface area (Å²) in [4.78, 5) is 12.2. The van der Waals surface area contributed by atoms with Gasteiger partial charge in [0.15, 0.2) is 0 Å². The van der Waals surface area contributed by atoms with Crippen LogP contribution in [0.15, 0.2) is 30.3 Å². The number of benzene rings is 1. The van der Waals surface area contributed by atoms with Crippen molar-refractivity contribution in [3.8, 4) is 0 Å². The summed E-state index contributed by atoms with van der Waals surface area (Å²) in [5, 5.41) is 12.7. The van der Waals surface area contributed by atoms with Crippen molar-refractivity contribution < 1.29 is 9.90 Å². The van der Waals surface area contributed by atoms with E-state index < -0.39 is 11.0 Å². The van der Waals surface area contributed by atoms with Gasteiger partial charge in [-0.25, -0.2) is 0 Å². The van der Waals surface area contributed by atoms with Crippen LogP contribution in [0.25, 0.3) is 0 Å². The van der Waals surface area contributed by atoms with Crippen molar-refractivity contribution in [3.63, 3.8) is 0 Å². The molecule has 0 heterocycles. The van der Waals surface area contributed by atoms with Crippen LogP contribution in [0.3, 0.4) is 0 Å². The molecule has 0 saturated heterocycles. The minimum atomic E-state index is -0.845. The monoisotopic (exact) mass is 249 g/mol. The van der Waals surface area contributed by atoms with Gasteiger partial charge in [-0.1, -0.05) is 37.3 Å². The molecule has 0 aliphatic heterocycles. The van der Waals surface area contributed by atoms with Crippen molar-refractivity contribution >= 4 is 5.91 Å². The average molecular weight is 249 g/mol. The van der Waals surface area contributed by atoms with Gasteiger partial charge in [-0.05, 0) is 32.8 Å². The fourth-order valence-corrected chi connectivity index (χ4v) is 1.60. The Morgan fingerprint density at radius 1 is 1.22 bits per heavy atom. The molecule has 1 unspecified atom stereocenters. The Morgan fingerprint density at radius 3 is 2.28 bits per heavy atom. The van der Waals surface area contributed by atoms with Crippen molar-refractivity contribution in [2.75, 3.05) is 6.54 Å². The first-order valence-electron chi connectivity index (χ1n) is 6.36. The van der Waals surface area contributed by atoms with E-state index in [4.69, 9.17) is 0 Å². The first-order valence-corrected chi connectivity index (χ1v) is 6.36. The van der Waals surface area contributed by atoms with Gasteiger partial charge in [-0.2, -0.15) is 0 Å². The van der Waals surface area contributed by atoms with E-state index in [9.17, 15) is 9.90 Å². The molecule has 1 aromatic rings. The Morgan fingerprint density at radius 2 is 1.78 bits per heavy atom. The Hall–Kier alpha value is -1.35. The average Bonchev–Trinajstić information content (AvgIpc) is 2.37. The second kappa shape index (κ2) is 5.53. The Bertz CT molecular complexity index is 396. The maximum atomic E-state index is 12.2. The van der Waals surface area contributed by atoms with Crippen molar-refractivity contribution in [1.82, 2.24) is 5.32 Å². The number of amides is 1. The normalized spacial score (nSPS) is 14.9. The van der Waals surface area contributed by atoms with Crippen molar-refractivity contribution in [1.29, 1.82) is 0 Å². The first-order chi connectivity index (χ1) is 8.29. The van der Waals surface area contributed by atoms with Crippen LogP contribution in [0.1, 0.15) is 39.7 Å². The number of rotatable bonds is 5. The van der Waals surface area contributed by atoms with Gasteiger partial charge in [0.1, 0.15) is 0 Å². The molecule has 0 fully saturated rings. The van der Waals surface area contributed by atoms with E-state index in [1.54, 1.807) is 6.92 Å². The van der Waals surface area contributed by atoms with Gasteiger partial charge < -0.3 is 10.4 Å². The van der Waals surface area contributed by atoms with Gasteiger partial charge >= 0.3 is 0 Å². The number of hydrogen-bond acceptors (Lipinski definition) is 2. The lowest BCUT2D eigenvalue weighted by molar-refractivity contribution is -0.126. The summed E-state index contributed by atoms with van der Waals surface area (Å²) in [5.74, 6) is -0.0672. The standard InChI is InChI=1S/C15H23NO2/c1-5-15(4,18)11-16-13(17)14(2,3)12-9-7-6-8-10-12/h6-10,18H,5,11H2,1-4H3,(H,16,17). The highest BCUT2D eigenvalue weighted by atomic mass is 16.3. The lowest BCUT2D eigenvalue weighted by Crippen LogP contribution is -2.46. The zero-order valence-corrected chi connectivity index (χ0v) is 11.7. The van der Waals surface area contributed by atoms with Crippen LogP contribution in [0.2, 0.25) is 0 Å². The molecule has 0 bridgehead atoms. The predicted octanol–water partition coefficient (Wildman–Crippen LogP) is 2.24. The van der Waals surface area contributed by atoms with E-state index in [0.717, 1.165) is 5.56 Å². The van der Waals surface area contributed by atoms with Crippen LogP contribution in [-0.2, 0) is 10.2 Å². The Balaban J connectivity index is 2.72. The van der Waals surface area contributed by atoms with E-state index in [0.29, 0.717) is 6.42 Å². The summed E-state index contributed by atoms with van der Waals surface area (Å²) in [6.45, 7) is 7.67. The molecular formula is C15H23NO2. The van der Waals surface area contributed by atoms with E-state index >= 15 is 0 Å². The fourth-order valence-electron chi connectivity index (χ4n) is 1.60. The molecule has 0 saturated carbocycles. The van der Waals surface area contributed by atoms with E-state index in [1.165, 1.54) is 0 Å². The van der Waals surface area contributed by atoms with Crippen LogP contribution < -0.4 is 5.32 Å². The molecule has 0 spiro atoms. The quantitative estimate of drug-likeness (QED) is 0.841. The molecule has 0 aromatic heterocycles. The SMILES string of the molecule is CCC(C)(O)CNC(=O)C(C)(C)c1ccccc1. The highest BCUT2D eigenvalue weighted by Gasteiger charge is 2.30. The molecule has 0 aliphatic rings. The maximum Gasteiger partial charge on any atom is 0.230 e. The lowest BCUT2D eigenvalue weighted by atomic mass is 9.83. The Kier molecular flexibility index (Phi) is 4.52. The Labute approximate surface area is 109 Å². The van der Waals surface area contributed by atoms with E-state index in [2.05, 4.69) is 5.32 Å². The summed E-state index contributed by atoms with van der Waals surface area (Å²) in [5.41, 5.74) is -0.466. The highest BCUT2D eigenvalue weighted by Crippen LogP contribution is 2.23. The van der Waals surface area contributed by atoms with Gasteiger partial charge in [-0.15, -0.1) is 0 Å². The summed E-state index contributed by atoms with van der Waals surface area (Å²) in [6, 6.07) is 9.66. The van der Waals surface area contributed by atoms with Crippen LogP contribution in [0, 0.1) is 0 Å². The van der Waals surface area contributed by atoms with Crippen LogP contribution >= 0.6 is 0 Å². The lowest BCUT2D eigenvalue weighted by Gasteiger charge is -2.27. The molecule has 1 rings (SSSR count). The largest absolute Gasteiger partial charge is 0.388 e. The molecule has 1 aromatic carbocycles. The van der Waals surface area contributed by atoms with Gasteiger partial charge in [0.25, 0.3) is 0 Å². The fraction of sp³-hybridized carbons (Fsp3) is 0.533. The molecular weight excluding hydrogens is 226 g/mol. The molecule has 1 amide bonds. The van der Waals surface area contributed by atoms with Gasteiger partial charge in [-0.3, -0.25) is 4.79 Å². The van der Waals surface area contributed by atoms with Gasteiger partial charge in [0, 0.05) is 6.54 Å². The number of carbonyl (C=O) groups excluding carboxylic acids is 1. The molecule has 3 heteroatoms. The second-order valence-electron chi connectivity index (χ2n) is 5.52. The second-order valence-corrected chi connectivity index (χ2v) is 5.52. The highest BCUT2D eigenvalue weighted by molar-refractivity contribution is 5.87. The summed E-state index contributed by atoms with van der Waals surface area (Å²) >= 11 is 0. The predicted molar refractivity (Wildman–Crippen MR) is 73.4 cm³/mol. The molecule has 3 nitrogen and oxygen atoms in total. The molecule has 100 valence electrons. The number of carbonyl (C=O) groups is 1. The maximum absolute atomic E-state index is 12.2. The third kappa shape index (κ3) is 3.57. The van der Waals surface area contributed by atoms with E-state index in [-0.39, 0.29) is 12.5 Å².